The maximum absolute atomic E-state index is 16.2. The number of piperidine rings is 2. The molecule has 4 aliphatic rings. The fourth-order valence-electron chi connectivity index (χ4n) is 7.26. The number of benzene rings is 1. The molecule has 0 radical (unpaired) electrons. The van der Waals surface area contributed by atoms with Crippen LogP contribution in [0, 0.1) is 11.8 Å². The Morgan fingerprint density at radius 2 is 1.63 bits per heavy atom. The lowest BCUT2D eigenvalue weighted by Crippen LogP contribution is -2.49. The van der Waals surface area contributed by atoms with Crippen molar-refractivity contribution in [3.8, 4) is 0 Å². The number of nitrogens with zero attached hydrogens (tertiary/aromatic N) is 4. The molecule has 2 amide bonds. The van der Waals surface area contributed by atoms with Crippen LogP contribution in [0.25, 0.3) is 0 Å². The summed E-state index contributed by atoms with van der Waals surface area (Å²) in [5, 5.41) is 9.40. The van der Waals surface area contributed by atoms with Gasteiger partial charge in [-0.25, -0.2) is 13.2 Å². The zero-order valence-electron chi connectivity index (χ0n) is 25.7. The van der Waals surface area contributed by atoms with Gasteiger partial charge in [0.1, 0.15) is 0 Å². The molecule has 0 unspecified atom stereocenters. The monoisotopic (exact) mass is 662 g/mol. The van der Waals surface area contributed by atoms with Crippen molar-refractivity contribution < 1.29 is 50.6 Å². The van der Waals surface area contributed by atoms with Crippen LogP contribution >= 0.6 is 0 Å². The van der Waals surface area contributed by atoms with E-state index in [2.05, 4.69) is 0 Å². The fraction of sp³-hybridized carbons (Fsp3) is 0.710. The molecule has 4 heterocycles. The molecular weight excluding hydrogens is 622 g/mol. The van der Waals surface area contributed by atoms with Crippen molar-refractivity contribution in [1.82, 2.24) is 14.7 Å². The quantitative estimate of drug-likeness (QED) is 0.423. The minimum absolute atomic E-state index is 0.0450. The third kappa shape index (κ3) is 7.40. The molecule has 0 aromatic heterocycles. The Kier molecular flexibility index (Phi) is 9.84. The van der Waals surface area contributed by atoms with Gasteiger partial charge in [0.15, 0.2) is 0 Å². The minimum atomic E-state index is -4.61. The number of ether oxygens (including phenoxy) is 1. The van der Waals surface area contributed by atoms with Crippen LogP contribution in [0.5, 0.6) is 0 Å². The number of methoxy groups -OCH3 is 1. The molecule has 1 N–H and O–H groups in total. The van der Waals surface area contributed by atoms with Gasteiger partial charge in [0.2, 0.25) is 11.6 Å². The summed E-state index contributed by atoms with van der Waals surface area (Å²) in [7, 11) is 1.47. The minimum Gasteiger partial charge on any atom is -0.481 e. The summed E-state index contributed by atoms with van der Waals surface area (Å²) in [6.07, 6.45) is -5.07. The number of aliphatic carboxylic acids is 1. The maximum Gasteiger partial charge on any atom is 0.416 e. The van der Waals surface area contributed by atoms with Crippen molar-refractivity contribution in [2.75, 3.05) is 77.5 Å². The molecule has 1 aromatic rings. The number of amides is 2. The standard InChI is InChI=1S/C31H40F6N4O5/c1-46-18-21-15-41(28(45)29(32)6-11-38(19-29)17-26(42)40-12-7-30(33,34)8-13-40)16-24(21)23-3-2-22(31(35,36)37)14-25(23)39-9-4-20(5-10-39)27(43)44/h2-3,14,20-21,24H,4-13,15-19H2,1H3,(H,43,44)/t21-,24+,29-/m1/s1. The van der Waals surface area contributed by atoms with Crippen molar-refractivity contribution in [1.29, 1.82) is 0 Å². The van der Waals surface area contributed by atoms with Gasteiger partial charge in [0, 0.05) is 96.3 Å². The summed E-state index contributed by atoms with van der Waals surface area (Å²) in [5.41, 5.74) is -2.26. The molecular formula is C31H40F6N4O5. The summed E-state index contributed by atoms with van der Waals surface area (Å²) in [6.45, 7) is 0.271. The van der Waals surface area contributed by atoms with Gasteiger partial charge >= 0.3 is 12.1 Å². The first kappa shape index (κ1) is 34.3. The van der Waals surface area contributed by atoms with Crippen LogP contribution in [0.15, 0.2) is 18.2 Å². The molecule has 4 saturated heterocycles. The molecule has 4 fully saturated rings. The van der Waals surface area contributed by atoms with Crippen LogP contribution in [-0.2, 0) is 25.3 Å². The Morgan fingerprint density at radius 3 is 2.24 bits per heavy atom. The Morgan fingerprint density at radius 1 is 0.957 bits per heavy atom. The first-order valence-corrected chi connectivity index (χ1v) is 15.6. The number of carboxylic acids is 1. The number of anilines is 1. The van der Waals surface area contributed by atoms with Crippen LogP contribution in [-0.4, -0.2) is 122 Å². The first-order chi connectivity index (χ1) is 21.6. The number of hydrogen-bond donors (Lipinski definition) is 1. The number of hydrogen-bond acceptors (Lipinski definition) is 6. The van der Waals surface area contributed by atoms with E-state index in [1.54, 1.807) is 4.90 Å². The van der Waals surface area contributed by atoms with Gasteiger partial charge in [0.25, 0.3) is 11.8 Å². The normalized spacial score (nSPS) is 27.8. The van der Waals surface area contributed by atoms with Crippen molar-refractivity contribution in [2.24, 2.45) is 11.8 Å². The van der Waals surface area contributed by atoms with Gasteiger partial charge in [0.05, 0.1) is 24.6 Å². The predicted molar refractivity (Wildman–Crippen MR) is 154 cm³/mol. The second kappa shape index (κ2) is 13.2. The van der Waals surface area contributed by atoms with Gasteiger partial charge in [-0.1, -0.05) is 6.07 Å². The van der Waals surface area contributed by atoms with Crippen LogP contribution in [0.1, 0.15) is 49.1 Å². The van der Waals surface area contributed by atoms with E-state index in [0.29, 0.717) is 11.3 Å². The van der Waals surface area contributed by atoms with E-state index in [9.17, 15) is 41.4 Å². The Balaban J connectivity index is 1.31. The summed E-state index contributed by atoms with van der Waals surface area (Å²) < 4.78 is 90.0. The zero-order chi connectivity index (χ0) is 33.4. The second-order valence-corrected chi connectivity index (χ2v) is 13.1. The lowest BCUT2D eigenvalue weighted by molar-refractivity contribution is -0.143. The number of carbonyl (C=O) groups is 3. The number of likely N-dealkylation sites (tertiary alicyclic amines) is 3. The highest BCUT2D eigenvalue weighted by atomic mass is 19.4. The topological polar surface area (TPSA) is 93.6 Å². The largest absolute Gasteiger partial charge is 0.481 e. The molecule has 3 atom stereocenters. The highest BCUT2D eigenvalue weighted by Crippen LogP contribution is 2.43. The van der Waals surface area contributed by atoms with E-state index in [1.165, 1.54) is 27.9 Å². The molecule has 5 rings (SSSR count). The first-order valence-electron chi connectivity index (χ1n) is 15.6. The number of carboxylic acid groups (broad SMARTS) is 1. The van der Waals surface area contributed by atoms with E-state index in [4.69, 9.17) is 4.74 Å². The lowest BCUT2D eigenvalue weighted by atomic mass is 9.86. The summed E-state index contributed by atoms with van der Waals surface area (Å²) in [6, 6.07) is 3.45. The van der Waals surface area contributed by atoms with E-state index in [1.807, 2.05) is 0 Å². The molecule has 1 aromatic carbocycles. The van der Waals surface area contributed by atoms with Crippen LogP contribution in [0.4, 0.5) is 32.0 Å². The summed E-state index contributed by atoms with van der Waals surface area (Å²) >= 11 is 0. The molecule has 0 aliphatic carbocycles. The van der Waals surface area contributed by atoms with Gasteiger partial charge in [-0.15, -0.1) is 0 Å². The Hall–Kier alpha value is -3.07. The van der Waals surface area contributed by atoms with Crippen LogP contribution in [0.2, 0.25) is 0 Å². The average Bonchev–Trinajstić information content (AvgIpc) is 3.60. The molecule has 4 aliphatic heterocycles. The molecule has 15 heteroatoms. The van der Waals surface area contributed by atoms with Gasteiger partial charge in [-0.2, -0.15) is 13.2 Å². The number of halogens is 6. The number of alkyl halides is 6. The zero-order valence-corrected chi connectivity index (χ0v) is 25.7. The number of rotatable bonds is 8. The molecule has 0 bridgehead atoms. The lowest BCUT2D eigenvalue weighted by Gasteiger charge is -2.35. The van der Waals surface area contributed by atoms with Gasteiger partial charge < -0.3 is 24.5 Å². The van der Waals surface area contributed by atoms with Crippen molar-refractivity contribution in [3.05, 3.63) is 29.3 Å². The van der Waals surface area contributed by atoms with Crippen molar-refractivity contribution in [3.63, 3.8) is 0 Å². The third-order valence-corrected chi connectivity index (χ3v) is 9.94. The molecule has 256 valence electrons. The highest BCUT2D eigenvalue weighted by molar-refractivity contribution is 5.87. The molecule has 0 saturated carbocycles. The third-order valence-electron chi connectivity index (χ3n) is 9.94. The van der Waals surface area contributed by atoms with Crippen molar-refractivity contribution >= 4 is 23.5 Å². The van der Waals surface area contributed by atoms with E-state index >= 15 is 4.39 Å². The number of carbonyl (C=O) groups excluding carboxylic acids is 2. The van der Waals surface area contributed by atoms with Crippen molar-refractivity contribution in [2.45, 2.75) is 55.8 Å². The molecule has 0 spiro atoms. The fourth-order valence-corrected chi connectivity index (χ4v) is 7.26. The average molecular weight is 663 g/mol. The molecule has 9 nitrogen and oxygen atoms in total. The van der Waals surface area contributed by atoms with E-state index < -0.39 is 65.8 Å². The summed E-state index contributed by atoms with van der Waals surface area (Å²) in [5.74, 6) is -6.31. The van der Waals surface area contributed by atoms with E-state index in [-0.39, 0.29) is 90.7 Å². The van der Waals surface area contributed by atoms with Crippen LogP contribution < -0.4 is 4.90 Å². The van der Waals surface area contributed by atoms with Gasteiger partial charge in [-0.05, 0) is 30.5 Å². The molecule has 46 heavy (non-hydrogen) atoms. The Labute approximate surface area is 263 Å². The Bertz CT molecular complexity index is 1300. The summed E-state index contributed by atoms with van der Waals surface area (Å²) in [4.78, 5) is 43.8. The smallest absolute Gasteiger partial charge is 0.416 e. The second-order valence-electron chi connectivity index (χ2n) is 13.1. The SMILES string of the molecule is COC[C@H]1CN(C(=O)[C@@]2(F)CCN(CC(=O)N3CCC(F)(F)CC3)C2)C[C@@H]1c1ccc(C(F)(F)F)cc1N1CCC(C(=O)O)CC1. The van der Waals surface area contributed by atoms with Crippen LogP contribution in [0.3, 0.4) is 0 Å². The maximum atomic E-state index is 16.2. The van der Waals surface area contributed by atoms with Gasteiger partial charge in [-0.3, -0.25) is 19.3 Å². The predicted octanol–water partition coefficient (Wildman–Crippen LogP) is 3.87. The van der Waals surface area contributed by atoms with E-state index in [0.717, 1.165) is 12.1 Å². The highest BCUT2D eigenvalue weighted by Gasteiger charge is 2.51.